The zero-order chi connectivity index (χ0) is 9.64. The van der Waals surface area contributed by atoms with Gasteiger partial charge in [-0.05, 0) is 32.3 Å². The van der Waals surface area contributed by atoms with Crippen LogP contribution < -0.4 is 0 Å². The second kappa shape index (κ2) is 2.34. The van der Waals surface area contributed by atoms with Gasteiger partial charge in [0.05, 0.1) is 5.69 Å². The van der Waals surface area contributed by atoms with Crippen LogP contribution in [0, 0.1) is 13.8 Å². The van der Waals surface area contributed by atoms with E-state index in [2.05, 4.69) is 10.2 Å². The van der Waals surface area contributed by atoms with Crippen LogP contribution in [0.15, 0.2) is 0 Å². The Morgan fingerprint density at radius 3 is 2.46 bits per heavy atom. The van der Waals surface area contributed by atoms with Crippen molar-refractivity contribution in [2.45, 2.75) is 32.1 Å². The maximum Gasteiger partial charge on any atom is 0.315 e. The van der Waals surface area contributed by atoms with E-state index in [1.807, 2.05) is 13.8 Å². The van der Waals surface area contributed by atoms with E-state index >= 15 is 0 Å². The molecule has 1 heterocycles. The summed E-state index contributed by atoms with van der Waals surface area (Å²) in [6.45, 7) is 3.82. The van der Waals surface area contributed by atoms with E-state index in [0.717, 1.165) is 17.0 Å². The van der Waals surface area contributed by atoms with Gasteiger partial charge in [-0.3, -0.25) is 9.89 Å². The van der Waals surface area contributed by atoms with Crippen molar-refractivity contribution in [2.24, 2.45) is 0 Å². The molecule has 0 unspecified atom stereocenters. The maximum atomic E-state index is 11.0. The summed E-state index contributed by atoms with van der Waals surface area (Å²) in [5.41, 5.74) is 1.99. The first kappa shape index (κ1) is 8.29. The van der Waals surface area contributed by atoms with Gasteiger partial charge in [0.1, 0.15) is 5.41 Å². The van der Waals surface area contributed by atoms with Crippen LogP contribution in [0.3, 0.4) is 0 Å². The second-order valence-corrected chi connectivity index (χ2v) is 3.71. The summed E-state index contributed by atoms with van der Waals surface area (Å²) in [6, 6.07) is 0. The fourth-order valence-electron chi connectivity index (χ4n) is 1.63. The molecule has 2 rings (SSSR count). The van der Waals surface area contributed by atoms with Crippen molar-refractivity contribution in [3.63, 3.8) is 0 Å². The molecule has 0 aliphatic heterocycles. The van der Waals surface area contributed by atoms with Crippen LogP contribution in [0.5, 0.6) is 0 Å². The van der Waals surface area contributed by atoms with Gasteiger partial charge in [-0.25, -0.2) is 0 Å². The molecule has 0 aromatic carbocycles. The number of aromatic nitrogens is 2. The quantitative estimate of drug-likeness (QED) is 0.717. The SMILES string of the molecule is Cc1[nH]nc(C2(C(=O)O)CC2)c1C. The molecule has 13 heavy (non-hydrogen) atoms. The Bertz CT molecular complexity index is 364. The number of carbonyl (C=O) groups is 1. The lowest BCUT2D eigenvalue weighted by molar-refractivity contribution is -0.140. The normalized spacial score (nSPS) is 18.6. The Morgan fingerprint density at radius 1 is 1.54 bits per heavy atom. The summed E-state index contributed by atoms with van der Waals surface area (Å²) in [5.74, 6) is -0.748. The zero-order valence-corrected chi connectivity index (χ0v) is 7.72. The number of aryl methyl sites for hydroxylation is 1. The lowest BCUT2D eigenvalue weighted by atomic mass is 9.99. The van der Waals surface area contributed by atoms with Crippen LogP contribution in [0.2, 0.25) is 0 Å². The number of rotatable bonds is 2. The zero-order valence-electron chi connectivity index (χ0n) is 7.72. The molecule has 1 saturated carbocycles. The Morgan fingerprint density at radius 2 is 2.15 bits per heavy atom. The number of carboxylic acid groups (broad SMARTS) is 1. The number of nitrogens with zero attached hydrogens (tertiary/aromatic N) is 1. The van der Waals surface area contributed by atoms with E-state index in [1.165, 1.54) is 0 Å². The topological polar surface area (TPSA) is 66.0 Å². The van der Waals surface area contributed by atoms with Crippen molar-refractivity contribution in [3.8, 4) is 0 Å². The number of aromatic amines is 1. The predicted octanol–water partition coefficient (Wildman–Crippen LogP) is 1.14. The van der Waals surface area contributed by atoms with E-state index in [4.69, 9.17) is 5.11 Å². The van der Waals surface area contributed by atoms with E-state index in [1.54, 1.807) is 0 Å². The molecule has 1 aliphatic rings. The summed E-state index contributed by atoms with van der Waals surface area (Å²) >= 11 is 0. The molecular weight excluding hydrogens is 168 g/mol. The van der Waals surface area contributed by atoms with Gasteiger partial charge >= 0.3 is 5.97 Å². The molecule has 1 aromatic rings. The minimum atomic E-state index is -0.748. The molecule has 4 nitrogen and oxygen atoms in total. The standard InChI is InChI=1S/C9H12N2O2/c1-5-6(2)10-11-7(5)9(3-4-9)8(12)13/h3-4H2,1-2H3,(H,10,11)(H,12,13). The predicted molar refractivity (Wildman–Crippen MR) is 46.6 cm³/mol. The Hall–Kier alpha value is -1.32. The van der Waals surface area contributed by atoms with Crippen molar-refractivity contribution < 1.29 is 9.90 Å². The number of hydrogen-bond donors (Lipinski definition) is 2. The van der Waals surface area contributed by atoms with E-state index in [-0.39, 0.29) is 0 Å². The molecule has 0 bridgehead atoms. The molecule has 2 N–H and O–H groups in total. The fraction of sp³-hybridized carbons (Fsp3) is 0.556. The lowest BCUT2D eigenvalue weighted by Crippen LogP contribution is -2.20. The van der Waals surface area contributed by atoms with Gasteiger partial charge in [0.2, 0.25) is 0 Å². The van der Waals surface area contributed by atoms with Crippen molar-refractivity contribution in [3.05, 3.63) is 17.0 Å². The number of hydrogen-bond acceptors (Lipinski definition) is 2. The van der Waals surface area contributed by atoms with Crippen molar-refractivity contribution in [1.82, 2.24) is 10.2 Å². The van der Waals surface area contributed by atoms with Crippen LogP contribution in [-0.2, 0) is 10.2 Å². The van der Waals surface area contributed by atoms with Gasteiger partial charge in [0, 0.05) is 5.69 Å². The third-order valence-electron chi connectivity index (χ3n) is 2.87. The molecular formula is C9H12N2O2. The van der Waals surface area contributed by atoms with Gasteiger partial charge < -0.3 is 5.11 Å². The number of H-pyrrole nitrogens is 1. The highest BCUT2D eigenvalue weighted by molar-refractivity contribution is 5.84. The van der Waals surface area contributed by atoms with Gasteiger partial charge in [0.15, 0.2) is 0 Å². The Labute approximate surface area is 76.0 Å². The molecule has 4 heteroatoms. The van der Waals surface area contributed by atoms with Crippen LogP contribution in [0.1, 0.15) is 29.8 Å². The van der Waals surface area contributed by atoms with Crippen molar-refractivity contribution >= 4 is 5.97 Å². The summed E-state index contributed by atoms with van der Waals surface area (Å²) in [4.78, 5) is 11.0. The number of nitrogens with one attached hydrogen (secondary N) is 1. The molecule has 1 aliphatic carbocycles. The smallest absolute Gasteiger partial charge is 0.315 e. The second-order valence-electron chi connectivity index (χ2n) is 3.71. The van der Waals surface area contributed by atoms with Crippen LogP contribution >= 0.6 is 0 Å². The molecule has 0 spiro atoms. The highest BCUT2D eigenvalue weighted by Crippen LogP contribution is 2.48. The first-order valence-electron chi connectivity index (χ1n) is 4.33. The first-order chi connectivity index (χ1) is 6.08. The summed E-state index contributed by atoms with van der Waals surface area (Å²) < 4.78 is 0. The molecule has 1 aromatic heterocycles. The first-order valence-corrected chi connectivity index (χ1v) is 4.33. The highest BCUT2D eigenvalue weighted by atomic mass is 16.4. The molecule has 0 radical (unpaired) electrons. The highest BCUT2D eigenvalue weighted by Gasteiger charge is 2.54. The lowest BCUT2D eigenvalue weighted by Gasteiger charge is -2.06. The van der Waals surface area contributed by atoms with Crippen LogP contribution in [0.25, 0.3) is 0 Å². The minimum Gasteiger partial charge on any atom is -0.481 e. The molecule has 0 atom stereocenters. The van der Waals surface area contributed by atoms with Crippen LogP contribution in [0.4, 0.5) is 0 Å². The fourth-order valence-corrected chi connectivity index (χ4v) is 1.63. The average Bonchev–Trinajstić information content (AvgIpc) is 2.80. The number of aliphatic carboxylic acids is 1. The summed E-state index contributed by atoms with van der Waals surface area (Å²) in [5, 5.41) is 15.9. The molecule has 70 valence electrons. The Balaban J connectivity index is 2.46. The van der Waals surface area contributed by atoms with Crippen molar-refractivity contribution in [2.75, 3.05) is 0 Å². The molecule has 1 fully saturated rings. The van der Waals surface area contributed by atoms with Gasteiger partial charge in [-0.1, -0.05) is 0 Å². The van der Waals surface area contributed by atoms with E-state index in [9.17, 15) is 4.79 Å². The number of carboxylic acids is 1. The summed E-state index contributed by atoms with van der Waals surface area (Å²) in [7, 11) is 0. The molecule has 0 amide bonds. The van der Waals surface area contributed by atoms with Crippen molar-refractivity contribution in [1.29, 1.82) is 0 Å². The van der Waals surface area contributed by atoms with Gasteiger partial charge in [-0.15, -0.1) is 0 Å². The summed E-state index contributed by atoms with van der Waals surface area (Å²) in [6.07, 6.45) is 1.43. The maximum absolute atomic E-state index is 11.0. The largest absolute Gasteiger partial charge is 0.481 e. The Kier molecular flexibility index (Phi) is 1.49. The van der Waals surface area contributed by atoms with Crippen LogP contribution in [-0.4, -0.2) is 21.3 Å². The molecule has 0 saturated heterocycles. The van der Waals surface area contributed by atoms with E-state index < -0.39 is 11.4 Å². The minimum absolute atomic E-state index is 0.672. The third-order valence-corrected chi connectivity index (χ3v) is 2.87. The third kappa shape index (κ3) is 0.978. The monoisotopic (exact) mass is 180 g/mol. The van der Waals surface area contributed by atoms with Gasteiger partial charge in [0.25, 0.3) is 0 Å². The average molecular weight is 180 g/mol. The van der Waals surface area contributed by atoms with Gasteiger partial charge in [-0.2, -0.15) is 5.10 Å². The van der Waals surface area contributed by atoms with E-state index in [0.29, 0.717) is 12.8 Å².